The lowest BCUT2D eigenvalue weighted by atomic mass is 9.94. The summed E-state index contributed by atoms with van der Waals surface area (Å²) in [5.74, 6) is -1.07. The van der Waals surface area contributed by atoms with Crippen LogP contribution in [0.3, 0.4) is 0 Å². The van der Waals surface area contributed by atoms with Gasteiger partial charge in [0.1, 0.15) is 0 Å². The Labute approximate surface area is 254 Å². The summed E-state index contributed by atoms with van der Waals surface area (Å²) in [4.78, 5) is 28.4. The van der Waals surface area contributed by atoms with E-state index in [4.69, 9.17) is 20.4 Å². The Hall–Kier alpha value is -3.76. The molecule has 0 aliphatic carbocycles. The van der Waals surface area contributed by atoms with Crippen LogP contribution in [0.1, 0.15) is 57.9 Å². The summed E-state index contributed by atoms with van der Waals surface area (Å²) in [6.07, 6.45) is 3.82. The number of anilines is 1. The zero-order chi connectivity index (χ0) is 31.0. The number of benzene rings is 3. The molecule has 0 bridgehead atoms. The van der Waals surface area contributed by atoms with E-state index in [1.54, 1.807) is 17.0 Å². The van der Waals surface area contributed by atoms with Crippen molar-refractivity contribution in [3.63, 3.8) is 0 Å². The summed E-state index contributed by atoms with van der Waals surface area (Å²) in [5, 5.41) is 37.8. The summed E-state index contributed by atoms with van der Waals surface area (Å²) >= 11 is 0. The minimum atomic E-state index is -0.972. The van der Waals surface area contributed by atoms with Crippen LogP contribution in [0.2, 0.25) is 0 Å². The summed E-state index contributed by atoms with van der Waals surface area (Å²) in [5.41, 5.74) is 5.48. The maximum absolute atomic E-state index is 13.1. The topological polar surface area (TPSA) is 134 Å². The first-order valence-electron chi connectivity index (χ1n) is 14.9. The van der Waals surface area contributed by atoms with Crippen LogP contribution in [0, 0.1) is 6.92 Å². The fourth-order valence-electron chi connectivity index (χ4n) is 5.18. The quantitative estimate of drug-likeness (QED) is 0.204. The highest BCUT2D eigenvalue weighted by Crippen LogP contribution is 2.32. The molecule has 5 N–H and O–H groups in total. The van der Waals surface area contributed by atoms with Crippen molar-refractivity contribution >= 4 is 17.6 Å². The first-order chi connectivity index (χ1) is 20.9. The van der Waals surface area contributed by atoms with Crippen molar-refractivity contribution < 1.29 is 30.0 Å². The Bertz CT molecular complexity index is 1250. The van der Waals surface area contributed by atoms with E-state index in [-0.39, 0.29) is 43.8 Å². The number of aliphatic hydroxyl groups is 3. The zero-order valence-electron chi connectivity index (χ0n) is 25.0. The molecule has 1 unspecified atom stereocenters. The molecular formula is C34H45N3O6. The molecule has 1 aliphatic heterocycles. The summed E-state index contributed by atoms with van der Waals surface area (Å²) < 4.78 is 0. The van der Waals surface area contributed by atoms with Crippen molar-refractivity contribution in [1.29, 1.82) is 0 Å². The number of aromatic carboxylic acids is 1. The van der Waals surface area contributed by atoms with Crippen molar-refractivity contribution in [1.82, 2.24) is 10.2 Å². The molecule has 43 heavy (non-hydrogen) atoms. The van der Waals surface area contributed by atoms with Crippen molar-refractivity contribution in [2.75, 3.05) is 57.4 Å². The normalized spacial score (nSPS) is 13.7. The minimum absolute atomic E-state index is 0.0694. The summed E-state index contributed by atoms with van der Waals surface area (Å²) in [6, 6.07) is 22.9. The first-order valence-corrected chi connectivity index (χ1v) is 14.9. The predicted molar refractivity (Wildman–Crippen MR) is 168 cm³/mol. The molecular weight excluding hydrogens is 546 g/mol. The van der Waals surface area contributed by atoms with Gasteiger partial charge in [-0.2, -0.15) is 0 Å². The van der Waals surface area contributed by atoms with Crippen LogP contribution in [0.5, 0.6) is 0 Å². The van der Waals surface area contributed by atoms with Crippen LogP contribution in [-0.4, -0.2) is 89.7 Å². The maximum Gasteiger partial charge on any atom is 0.335 e. The van der Waals surface area contributed by atoms with E-state index in [2.05, 4.69) is 59.6 Å². The van der Waals surface area contributed by atoms with Crippen molar-refractivity contribution in [2.45, 2.75) is 38.6 Å². The summed E-state index contributed by atoms with van der Waals surface area (Å²) in [6.45, 7) is 5.87. The van der Waals surface area contributed by atoms with E-state index < -0.39 is 5.97 Å². The number of hydrogen-bond acceptors (Lipinski definition) is 7. The lowest BCUT2D eigenvalue weighted by Crippen LogP contribution is -2.34. The number of aliphatic hydroxyl groups excluding tert-OH is 3. The number of carbonyl (C=O) groups excluding carboxylic acids is 1. The number of nitrogens with one attached hydrogen (secondary N) is 1. The van der Waals surface area contributed by atoms with Gasteiger partial charge >= 0.3 is 5.97 Å². The molecule has 1 atom stereocenters. The Morgan fingerprint density at radius 2 is 1.40 bits per heavy atom. The van der Waals surface area contributed by atoms with Gasteiger partial charge in [0.25, 0.3) is 0 Å². The lowest BCUT2D eigenvalue weighted by molar-refractivity contribution is -0.120. The monoisotopic (exact) mass is 591 g/mol. The van der Waals surface area contributed by atoms with Gasteiger partial charge in [-0.1, -0.05) is 60.2 Å². The standard InChI is InChI=1S/C28H30N2O3.C6H15NO3/c1-20-9-13-22(14-10-20)27(24-7-3-4-8-25(24)30-17-5-2-6-18-30)29-26(31)19-21-11-15-23(16-12-21)28(32)33;8-4-1-7(2-5-9)3-6-10/h3-4,7-16,27H,2,5-6,17-19H2,1H3,(H,29,31)(H,32,33);8-10H,1-6H2. The van der Waals surface area contributed by atoms with Gasteiger partial charge in [0.15, 0.2) is 0 Å². The molecule has 3 aromatic carbocycles. The highest BCUT2D eigenvalue weighted by Gasteiger charge is 2.23. The average molecular weight is 592 g/mol. The molecule has 1 fully saturated rings. The van der Waals surface area contributed by atoms with E-state index in [9.17, 15) is 9.59 Å². The smallest absolute Gasteiger partial charge is 0.335 e. The van der Waals surface area contributed by atoms with Gasteiger partial charge in [-0.15, -0.1) is 0 Å². The van der Waals surface area contributed by atoms with Crippen LogP contribution in [0.4, 0.5) is 5.69 Å². The predicted octanol–water partition coefficient (Wildman–Crippen LogP) is 3.40. The van der Waals surface area contributed by atoms with Crippen LogP contribution in [-0.2, 0) is 11.2 Å². The Morgan fingerprint density at radius 3 is 1.95 bits per heavy atom. The maximum atomic E-state index is 13.1. The molecule has 9 heteroatoms. The summed E-state index contributed by atoms with van der Waals surface area (Å²) in [7, 11) is 0. The molecule has 232 valence electrons. The lowest BCUT2D eigenvalue weighted by Gasteiger charge is -2.33. The first kappa shape index (κ1) is 33.7. The van der Waals surface area contributed by atoms with Crippen molar-refractivity contribution in [3.8, 4) is 0 Å². The highest BCUT2D eigenvalue weighted by molar-refractivity contribution is 5.88. The number of nitrogens with zero attached hydrogens (tertiary/aromatic N) is 2. The number of piperidine rings is 1. The fraction of sp³-hybridized carbons (Fsp3) is 0.412. The third-order valence-corrected chi connectivity index (χ3v) is 7.47. The molecule has 0 saturated carbocycles. The van der Waals surface area contributed by atoms with Crippen LogP contribution >= 0.6 is 0 Å². The van der Waals surface area contributed by atoms with E-state index in [0.717, 1.165) is 29.8 Å². The van der Waals surface area contributed by atoms with E-state index >= 15 is 0 Å². The number of carbonyl (C=O) groups is 2. The van der Waals surface area contributed by atoms with E-state index in [0.29, 0.717) is 19.6 Å². The average Bonchev–Trinajstić information content (AvgIpc) is 3.02. The number of carboxylic acid groups (broad SMARTS) is 1. The second-order valence-corrected chi connectivity index (χ2v) is 10.7. The number of carboxylic acids is 1. The third kappa shape index (κ3) is 10.8. The SMILES string of the molecule is Cc1ccc(C(NC(=O)Cc2ccc(C(=O)O)cc2)c2ccccc2N2CCCCC2)cc1.OCCN(CCO)CCO. The van der Waals surface area contributed by atoms with Crippen LogP contribution < -0.4 is 10.2 Å². The largest absolute Gasteiger partial charge is 0.478 e. The van der Waals surface area contributed by atoms with Crippen LogP contribution in [0.25, 0.3) is 0 Å². The molecule has 3 aromatic rings. The molecule has 9 nitrogen and oxygen atoms in total. The molecule has 4 rings (SSSR count). The molecule has 1 aliphatic rings. The molecule has 0 spiro atoms. The van der Waals surface area contributed by atoms with E-state index in [1.807, 2.05) is 6.07 Å². The van der Waals surface area contributed by atoms with Crippen molar-refractivity contribution in [2.24, 2.45) is 0 Å². The molecule has 0 aromatic heterocycles. The number of para-hydroxylation sites is 1. The Balaban J connectivity index is 0.000000436. The zero-order valence-corrected chi connectivity index (χ0v) is 25.0. The van der Waals surface area contributed by atoms with Gasteiger partial charge in [-0.05, 0) is 55.5 Å². The molecule has 1 saturated heterocycles. The van der Waals surface area contributed by atoms with Crippen molar-refractivity contribution in [3.05, 3.63) is 101 Å². The molecule has 1 heterocycles. The van der Waals surface area contributed by atoms with Gasteiger partial charge in [0.05, 0.1) is 37.8 Å². The van der Waals surface area contributed by atoms with Gasteiger partial charge < -0.3 is 30.6 Å². The number of rotatable bonds is 13. The number of hydrogen-bond donors (Lipinski definition) is 5. The van der Waals surface area contributed by atoms with Gasteiger partial charge in [0, 0.05) is 44.0 Å². The van der Waals surface area contributed by atoms with Gasteiger partial charge in [0.2, 0.25) is 5.91 Å². The van der Waals surface area contributed by atoms with Gasteiger partial charge in [-0.3, -0.25) is 9.69 Å². The highest BCUT2D eigenvalue weighted by atomic mass is 16.4. The second kappa shape index (κ2) is 18.0. The molecule has 0 radical (unpaired) electrons. The van der Waals surface area contributed by atoms with Gasteiger partial charge in [-0.25, -0.2) is 4.79 Å². The fourth-order valence-corrected chi connectivity index (χ4v) is 5.18. The minimum Gasteiger partial charge on any atom is -0.478 e. The van der Waals surface area contributed by atoms with Crippen LogP contribution in [0.15, 0.2) is 72.8 Å². The van der Waals surface area contributed by atoms with E-state index in [1.165, 1.54) is 42.6 Å². The molecule has 1 amide bonds. The third-order valence-electron chi connectivity index (χ3n) is 7.47. The number of aryl methyl sites for hydroxylation is 1. The Morgan fingerprint density at radius 1 is 0.814 bits per heavy atom. The second-order valence-electron chi connectivity index (χ2n) is 10.7. The Kier molecular flexibility index (Phi) is 14.1. The number of amides is 1.